The first-order valence-corrected chi connectivity index (χ1v) is 8.32. The van der Waals surface area contributed by atoms with Crippen LogP contribution in [0.4, 0.5) is 0 Å². The van der Waals surface area contributed by atoms with E-state index in [0.717, 1.165) is 24.0 Å². The topological polar surface area (TPSA) is 15.3 Å². The van der Waals surface area contributed by atoms with Gasteiger partial charge in [0.15, 0.2) is 0 Å². The second-order valence-corrected chi connectivity index (χ2v) is 6.98. The molecule has 0 aromatic heterocycles. The summed E-state index contributed by atoms with van der Waals surface area (Å²) in [5, 5.41) is 3.88. The van der Waals surface area contributed by atoms with Crippen LogP contribution in [0, 0.1) is 5.92 Å². The molecule has 0 amide bonds. The van der Waals surface area contributed by atoms with Crippen molar-refractivity contribution in [3.05, 3.63) is 0 Å². The molecule has 1 N–H and O–H groups in total. The molecule has 1 aliphatic heterocycles. The van der Waals surface area contributed by atoms with E-state index in [9.17, 15) is 0 Å². The minimum Gasteiger partial charge on any atom is -0.312 e. The lowest BCUT2D eigenvalue weighted by atomic mass is 10.00. The Hall–Kier alpha value is 0.210. The monoisotopic (exact) mass is 286 g/mol. The molecule has 2 unspecified atom stereocenters. The van der Waals surface area contributed by atoms with Crippen LogP contribution in [0.5, 0.6) is 0 Å². The average molecular weight is 287 g/mol. The molecule has 3 heteroatoms. The number of halogens is 1. The van der Waals surface area contributed by atoms with Crippen molar-refractivity contribution in [2.45, 2.75) is 82.8 Å². The molecule has 2 aliphatic carbocycles. The van der Waals surface area contributed by atoms with Gasteiger partial charge in [0, 0.05) is 24.7 Å². The third-order valence-electron chi connectivity index (χ3n) is 5.31. The molecule has 3 aliphatic rings. The van der Waals surface area contributed by atoms with E-state index >= 15 is 0 Å². The van der Waals surface area contributed by atoms with Crippen molar-refractivity contribution < 1.29 is 0 Å². The zero-order valence-electron chi connectivity index (χ0n) is 12.4. The normalized spacial score (nSPS) is 33.9. The van der Waals surface area contributed by atoms with Gasteiger partial charge in [0.05, 0.1) is 0 Å². The van der Waals surface area contributed by atoms with Crippen molar-refractivity contribution >= 4 is 12.4 Å². The second kappa shape index (κ2) is 7.28. The first-order chi connectivity index (χ1) is 8.83. The number of nitrogens with one attached hydrogen (secondary N) is 1. The molecule has 19 heavy (non-hydrogen) atoms. The SMILES string of the molecule is CC1CC(NCC2CCCCCC2)CN1C1CC1.Cl. The van der Waals surface area contributed by atoms with Crippen molar-refractivity contribution in [2.75, 3.05) is 13.1 Å². The summed E-state index contributed by atoms with van der Waals surface area (Å²) in [6.07, 6.45) is 13.1. The van der Waals surface area contributed by atoms with Crippen molar-refractivity contribution in [3.8, 4) is 0 Å². The fraction of sp³-hybridized carbons (Fsp3) is 1.00. The van der Waals surface area contributed by atoms with E-state index in [1.54, 1.807) is 0 Å². The zero-order chi connectivity index (χ0) is 12.4. The Morgan fingerprint density at radius 2 is 1.68 bits per heavy atom. The van der Waals surface area contributed by atoms with E-state index in [0.29, 0.717) is 0 Å². The maximum Gasteiger partial charge on any atom is 0.0210 e. The van der Waals surface area contributed by atoms with Crippen molar-refractivity contribution in [1.29, 1.82) is 0 Å². The Labute approximate surface area is 125 Å². The number of rotatable bonds is 4. The standard InChI is InChI=1S/C16H30N2.ClH/c1-13-10-15(12-18(13)16-8-9-16)17-11-14-6-4-2-3-5-7-14;/h13-17H,2-12H2,1H3;1H. The van der Waals surface area contributed by atoms with Gasteiger partial charge in [-0.05, 0) is 51.5 Å². The number of hydrogen-bond acceptors (Lipinski definition) is 2. The van der Waals surface area contributed by atoms with Crippen molar-refractivity contribution in [2.24, 2.45) is 5.92 Å². The third kappa shape index (κ3) is 4.34. The summed E-state index contributed by atoms with van der Waals surface area (Å²) in [5.74, 6) is 0.970. The van der Waals surface area contributed by atoms with Gasteiger partial charge < -0.3 is 5.32 Å². The molecular weight excluding hydrogens is 256 g/mol. The molecule has 0 bridgehead atoms. The Balaban J connectivity index is 0.00000133. The van der Waals surface area contributed by atoms with E-state index in [-0.39, 0.29) is 12.4 Å². The first kappa shape index (κ1) is 15.6. The summed E-state index contributed by atoms with van der Waals surface area (Å²) >= 11 is 0. The van der Waals surface area contributed by atoms with Crippen LogP contribution in [0.1, 0.15) is 64.7 Å². The Morgan fingerprint density at radius 1 is 1.00 bits per heavy atom. The van der Waals surface area contributed by atoms with Gasteiger partial charge >= 0.3 is 0 Å². The molecule has 2 atom stereocenters. The fourth-order valence-corrected chi connectivity index (χ4v) is 4.02. The van der Waals surface area contributed by atoms with Crippen molar-refractivity contribution in [1.82, 2.24) is 10.2 Å². The summed E-state index contributed by atoms with van der Waals surface area (Å²) in [5.41, 5.74) is 0. The fourth-order valence-electron chi connectivity index (χ4n) is 4.02. The van der Waals surface area contributed by atoms with Gasteiger partial charge in [-0.2, -0.15) is 0 Å². The molecule has 0 aromatic carbocycles. The van der Waals surface area contributed by atoms with E-state index in [2.05, 4.69) is 17.1 Å². The number of nitrogens with zero attached hydrogens (tertiary/aromatic N) is 1. The second-order valence-electron chi connectivity index (χ2n) is 6.98. The van der Waals surface area contributed by atoms with E-state index < -0.39 is 0 Å². The number of hydrogen-bond donors (Lipinski definition) is 1. The lowest BCUT2D eigenvalue weighted by Gasteiger charge is -2.20. The smallest absolute Gasteiger partial charge is 0.0210 e. The predicted octanol–water partition coefficient (Wildman–Crippen LogP) is 3.59. The third-order valence-corrected chi connectivity index (χ3v) is 5.31. The zero-order valence-corrected chi connectivity index (χ0v) is 13.3. The van der Waals surface area contributed by atoms with Crippen LogP contribution >= 0.6 is 12.4 Å². The van der Waals surface area contributed by atoms with E-state index in [1.807, 2.05) is 0 Å². The molecule has 1 saturated heterocycles. The van der Waals surface area contributed by atoms with Gasteiger partial charge in [0.1, 0.15) is 0 Å². The first-order valence-electron chi connectivity index (χ1n) is 8.32. The highest BCUT2D eigenvalue weighted by molar-refractivity contribution is 5.85. The maximum atomic E-state index is 3.88. The summed E-state index contributed by atoms with van der Waals surface area (Å²) in [7, 11) is 0. The highest BCUT2D eigenvalue weighted by atomic mass is 35.5. The summed E-state index contributed by atoms with van der Waals surface area (Å²) in [4.78, 5) is 2.75. The van der Waals surface area contributed by atoms with Crippen LogP contribution in [-0.2, 0) is 0 Å². The minimum absolute atomic E-state index is 0. The highest BCUT2D eigenvalue weighted by Gasteiger charge is 2.38. The molecule has 3 rings (SSSR count). The minimum atomic E-state index is 0. The summed E-state index contributed by atoms with van der Waals surface area (Å²) in [6.45, 7) is 5.03. The largest absolute Gasteiger partial charge is 0.312 e. The van der Waals surface area contributed by atoms with Gasteiger partial charge in [0.2, 0.25) is 0 Å². The molecule has 3 fully saturated rings. The Morgan fingerprint density at radius 3 is 2.32 bits per heavy atom. The molecule has 112 valence electrons. The van der Waals surface area contributed by atoms with Gasteiger partial charge in [-0.3, -0.25) is 4.90 Å². The van der Waals surface area contributed by atoms with Crippen LogP contribution in [0.25, 0.3) is 0 Å². The predicted molar refractivity (Wildman–Crippen MR) is 84.0 cm³/mol. The van der Waals surface area contributed by atoms with Gasteiger partial charge in [-0.1, -0.05) is 25.7 Å². The van der Waals surface area contributed by atoms with Crippen LogP contribution < -0.4 is 5.32 Å². The van der Waals surface area contributed by atoms with Crippen LogP contribution in [-0.4, -0.2) is 36.1 Å². The molecule has 0 radical (unpaired) electrons. The van der Waals surface area contributed by atoms with Crippen molar-refractivity contribution in [3.63, 3.8) is 0 Å². The molecule has 0 spiro atoms. The Kier molecular flexibility index (Phi) is 5.98. The van der Waals surface area contributed by atoms with E-state index in [4.69, 9.17) is 0 Å². The van der Waals surface area contributed by atoms with Gasteiger partial charge in [0.25, 0.3) is 0 Å². The quantitative estimate of drug-likeness (QED) is 0.795. The average Bonchev–Trinajstić information content (AvgIpc) is 3.16. The Bertz CT molecular complexity index is 259. The molecule has 2 nitrogen and oxygen atoms in total. The molecule has 2 saturated carbocycles. The maximum absolute atomic E-state index is 3.88. The molecule has 0 aromatic rings. The van der Waals surface area contributed by atoms with Crippen LogP contribution in [0.2, 0.25) is 0 Å². The van der Waals surface area contributed by atoms with Gasteiger partial charge in [-0.25, -0.2) is 0 Å². The lowest BCUT2D eigenvalue weighted by Crippen LogP contribution is -2.36. The van der Waals surface area contributed by atoms with Crippen LogP contribution in [0.15, 0.2) is 0 Å². The van der Waals surface area contributed by atoms with E-state index in [1.165, 1.54) is 70.9 Å². The number of likely N-dealkylation sites (tertiary alicyclic amines) is 1. The summed E-state index contributed by atoms with van der Waals surface area (Å²) < 4.78 is 0. The lowest BCUT2D eigenvalue weighted by molar-refractivity contribution is 0.254. The highest BCUT2D eigenvalue weighted by Crippen LogP contribution is 2.33. The van der Waals surface area contributed by atoms with Gasteiger partial charge in [-0.15, -0.1) is 12.4 Å². The summed E-state index contributed by atoms with van der Waals surface area (Å²) in [6, 6.07) is 2.55. The molecular formula is C16H31ClN2. The molecule has 1 heterocycles. The van der Waals surface area contributed by atoms with Crippen LogP contribution in [0.3, 0.4) is 0 Å².